The lowest BCUT2D eigenvalue weighted by molar-refractivity contribution is -0.140. The molecule has 1 saturated heterocycles. The molecule has 0 saturated carbocycles. The number of Topliss-reactive ketones (excluding diaryl/α,β-unsaturated/α-hetero) is 1. The molecule has 0 aromatic heterocycles. The molecule has 1 heterocycles. The van der Waals surface area contributed by atoms with Gasteiger partial charge in [0, 0.05) is 10.6 Å². The summed E-state index contributed by atoms with van der Waals surface area (Å²) in [6.45, 7) is 6.45. The molecule has 3 aromatic rings. The van der Waals surface area contributed by atoms with Gasteiger partial charge in [0.1, 0.15) is 17.3 Å². The van der Waals surface area contributed by atoms with Gasteiger partial charge in [-0.05, 0) is 40.8 Å². The number of amides is 1. The number of ketones is 1. The molecule has 1 fully saturated rings. The molecule has 3 aromatic carbocycles. The first-order valence-corrected chi connectivity index (χ1v) is 12.3. The van der Waals surface area contributed by atoms with Gasteiger partial charge < -0.3 is 19.5 Å². The average molecular weight is 520 g/mol. The highest BCUT2D eigenvalue weighted by atomic mass is 35.5. The largest absolute Gasteiger partial charge is 0.507 e. The molecule has 4 rings (SSSR count). The molecule has 0 bridgehead atoms. The highest BCUT2D eigenvalue weighted by Gasteiger charge is 2.46. The van der Waals surface area contributed by atoms with E-state index < -0.39 is 17.7 Å². The van der Waals surface area contributed by atoms with Gasteiger partial charge in [-0.3, -0.25) is 9.59 Å². The number of likely N-dealkylation sites (tertiary alicyclic amines) is 1. The molecule has 1 amide bonds. The SMILES string of the molecule is COc1ccccc1CN1C(=O)C(=O)/C(=C(/O)c2cc(Cl)ccc2OC)C1c1ccc(C(C)(C)C)cc1. The van der Waals surface area contributed by atoms with Crippen LogP contribution in [0.3, 0.4) is 0 Å². The maximum atomic E-state index is 13.5. The lowest BCUT2D eigenvalue weighted by atomic mass is 9.85. The zero-order chi connectivity index (χ0) is 26.9. The van der Waals surface area contributed by atoms with Crippen molar-refractivity contribution in [3.8, 4) is 11.5 Å². The smallest absolute Gasteiger partial charge is 0.295 e. The maximum Gasteiger partial charge on any atom is 0.295 e. The van der Waals surface area contributed by atoms with Gasteiger partial charge in [-0.25, -0.2) is 0 Å². The van der Waals surface area contributed by atoms with E-state index in [1.807, 2.05) is 42.5 Å². The molecule has 7 heteroatoms. The summed E-state index contributed by atoms with van der Waals surface area (Å²) >= 11 is 6.21. The van der Waals surface area contributed by atoms with E-state index in [0.717, 1.165) is 11.1 Å². The summed E-state index contributed by atoms with van der Waals surface area (Å²) < 4.78 is 10.9. The van der Waals surface area contributed by atoms with Gasteiger partial charge in [-0.2, -0.15) is 0 Å². The molecule has 1 aliphatic rings. The summed E-state index contributed by atoms with van der Waals surface area (Å²) in [6.07, 6.45) is 0. The number of hydrogen-bond donors (Lipinski definition) is 1. The minimum absolute atomic E-state index is 0.0241. The zero-order valence-electron chi connectivity index (χ0n) is 21.5. The Morgan fingerprint density at radius 2 is 1.59 bits per heavy atom. The Balaban J connectivity index is 1.92. The molecule has 6 nitrogen and oxygen atoms in total. The van der Waals surface area contributed by atoms with E-state index in [1.54, 1.807) is 25.3 Å². The van der Waals surface area contributed by atoms with Crippen molar-refractivity contribution in [2.45, 2.75) is 38.8 Å². The van der Waals surface area contributed by atoms with Gasteiger partial charge in [0.2, 0.25) is 0 Å². The third kappa shape index (κ3) is 5.07. The molecule has 0 aliphatic carbocycles. The summed E-state index contributed by atoms with van der Waals surface area (Å²) in [4.78, 5) is 28.3. The van der Waals surface area contributed by atoms with Gasteiger partial charge in [-0.15, -0.1) is 0 Å². The van der Waals surface area contributed by atoms with Crippen molar-refractivity contribution in [3.05, 3.63) is 99.6 Å². The van der Waals surface area contributed by atoms with E-state index in [9.17, 15) is 14.7 Å². The number of methoxy groups -OCH3 is 2. The second-order valence-electron chi connectivity index (χ2n) is 9.96. The minimum Gasteiger partial charge on any atom is -0.507 e. The Kier molecular flexibility index (Phi) is 7.32. The van der Waals surface area contributed by atoms with Crippen molar-refractivity contribution in [2.75, 3.05) is 14.2 Å². The standard InChI is InChI=1S/C30H30ClNO5/c1-30(2,3)20-12-10-18(11-13-20)26-25(27(33)22-16-21(31)14-15-24(22)37-5)28(34)29(35)32(26)17-19-8-6-7-9-23(19)36-4/h6-16,26,33H,17H2,1-5H3/b27-25+. The van der Waals surface area contributed by atoms with Gasteiger partial charge in [0.15, 0.2) is 0 Å². The normalized spacial score (nSPS) is 17.2. The Morgan fingerprint density at radius 3 is 2.22 bits per heavy atom. The van der Waals surface area contributed by atoms with Crippen molar-refractivity contribution < 1.29 is 24.2 Å². The quantitative estimate of drug-likeness (QED) is 0.236. The third-order valence-electron chi connectivity index (χ3n) is 6.58. The number of halogens is 1. The van der Waals surface area contributed by atoms with Gasteiger partial charge in [-0.1, -0.05) is 74.8 Å². The van der Waals surface area contributed by atoms with Crippen molar-refractivity contribution in [3.63, 3.8) is 0 Å². The van der Waals surface area contributed by atoms with Crippen LogP contribution in [-0.4, -0.2) is 35.9 Å². The minimum atomic E-state index is -0.831. The highest BCUT2D eigenvalue weighted by molar-refractivity contribution is 6.46. The van der Waals surface area contributed by atoms with E-state index in [-0.39, 0.29) is 28.9 Å². The summed E-state index contributed by atoms with van der Waals surface area (Å²) in [6, 6.07) is 19.0. The fraction of sp³-hybridized carbons (Fsp3) is 0.267. The topological polar surface area (TPSA) is 76.1 Å². The van der Waals surface area contributed by atoms with Gasteiger partial charge in [0.05, 0.1) is 37.9 Å². The Hall–Kier alpha value is -3.77. The second kappa shape index (κ2) is 10.3. The number of aliphatic hydroxyl groups is 1. The molecular formula is C30H30ClNO5. The number of aliphatic hydroxyl groups excluding tert-OH is 1. The molecule has 1 aliphatic heterocycles. The van der Waals surface area contributed by atoms with Gasteiger partial charge >= 0.3 is 0 Å². The molecule has 1 N–H and O–H groups in total. The zero-order valence-corrected chi connectivity index (χ0v) is 22.3. The van der Waals surface area contributed by atoms with Crippen molar-refractivity contribution in [2.24, 2.45) is 0 Å². The number of carbonyl (C=O) groups excluding carboxylic acids is 2. The Morgan fingerprint density at radius 1 is 0.946 bits per heavy atom. The summed E-state index contributed by atoms with van der Waals surface area (Å²) in [5.41, 5.74) is 2.68. The first-order valence-electron chi connectivity index (χ1n) is 11.9. The van der Waals surface area contributed by atoms with E-state index in [0.29, 0.717) is 22.1 Å². The fourth-order valence-electron chi connectivity index (χ4n) is 4.58. The number of nitrogens with zero attached hydrogens (tertiary/aromatic N) is 1. The van der Waals surface area contributed by atoms with Crippen LogP contribution in [0.1, 0.15) is 49.1 Å². The molecule has 1 atom stereocenters. The molecule has 1 unspecified atom stereocenters. The number of hydrogen-bond acceptors (Lipinski definition) is 5. The van der Waals surface area contributed by atoms with Crippen LogP contribution >= 0.6 is 11.6 Å². The number of ether oxygens (including phenoxy) is 2. The number of benzene rings is 3. The Bertz CT molecular complexity index is 1370. The van der Waals surface area contributed by atoms with Crippen LogP contribution in [0.2, 0.25) is 5.02 Å². The van der Waals surface area contributed by atoms with E-state index in [4.69, 9.17) is 21.1 Å². The van der Waals surface area contributed by atoms with Crippen LogP contribution in [-0.2, 0) is 21.5 Å². The molecule has 0 radical (unpaired) electrons. The van der Waals surface area contributed by atoms with Crippen LogP contribution in [0.4, 0.5) is 0 Å². The maximum absolute atomic E-state index is 13.5. The average Bonchev–Trinajstić information content (AvgIpc) is 3.13. The predicted molar refractivity (Wildman–Crippen MR) is 144 cm³/mol. The fourth-order valence-corrected chi connectivity index (χ4v) is 4.75. The third-order valence-corrected chi connectivity index (χ3v) is 6.82. The van der Waals surface area contributed by atoms with E-state index in [2.05, 4.69) is 20.8 Å². The highest BCUT2D eigenvalue weighted by Crippen LogP contribution is 2.43. The summed E-state index contributed by atoms with van der Waals surface area (Å²) in [5, 5.41) is 11.8. The first kappa shape index (κ1) is 26.3. The van der Waals surface area contributed by atoms with E-state index in [1.165, 1.54) is 18.1 Å². The second-order valence-corrected chi connectivity index (χ2v) is 10.4. The Labute approximate surface area is 222 Å². The monoisotopic (exact) mass is 519 g/mol. The van der Waals surface area contributed by atoms with Crippen LogP contribution < -0.4 is 9.47 Å². The molecule has 37 heavy (non-hydrogen) atoms. The van der Waals surface area contributed by atoms with Crippen molar-refractivity contribution >= 4 is 29.1 Å². The number of rotatable bonds is 6. The molecule has 192 valence electrons. The predicted octanol–water partition coefficient (Wildman–Crippen LogP) is 6.28. The van der Waals surface area contributed by atoms with Crippen LogP contribution in [0.15, 0.2) is 72.3 Å². The molecular weight excluding hydrogens is 490 g/mol. The number of carbonyl (C=O) groups is 2. The van der Waals surface area contributed by atoms with Crippen molar-refractivity contribution in [1.29, 1.82) is 0 Å². The van der Waals surface area contributed by atoms with Crippen LogP contribution in [0.5, 0.6) is 11.5 Å². The molecule has 0 spiro atoms. The lowest BCUT2D eigenvalue weighted by Crippen LogP contribution is -2.29. The van der Waals surface area contributed by atoms with E-state index >= 15 is 0 Å². The van der Waals surface area contributed by atoms with Gasteiger partial charge in [0.25, 0.3) is 11.7 Å². The first-order chi connectivity index (χ1) is 17.6. The summed E-state index contributed by atoms with van der Waals surface area (Å²) in [7, 11) is 3.02. The number of para-hydroxylation sites is 1. The van der Waals surface area contributed by atoms with Crippen molar-refractivity contribution in [1.82, 2.24) is 4.90 Å². The summed E-state index contributed by atoms with van der Waals surface area (Å²) in [5.74, 6) is -0.898. The van der Waals surface area contributed by atoms with Crippen LogP contribution in [0, 0.1) is 0 Å². The van der Waals surface area contributed by atoms with Crippen LogP contribution in [0.25, 0.3) is 5.76 Å². The lowest BCUT2D eigenvalue weighted by Gasteiger charge is -2.27.